The number of aromatic nitrogens is 4. The summed E-state index contributed by atoms with van der Waals surface area (Å²) in [7, 11) is 1.61. The van der Waals surface area contributed by atoms with Gasteiger partial charge >= 0.3 is 5.97 Å². The smallest absolute Gasteiger partial charge is 0.308 e. The van der Waals surface area contributed by atoms with E-state index in [1.165, 1.54) is 4.68 Å². The third-order valence-corrected chi connectivity index (χ3v) is 3.02. The summed E-state index contributed by atoms with van der Waals surface area (Å²) in [4.78, 5) is 10.9. The van der Waals surface area contributed by atoms with Crippen molar-refractivity contribution in [3.05, 3.63) is 35.7 Å². The second-order valence-corrected chi connectivity index (χ2v) is 4.51. The van der Waals surface area contributed by atoms with Gasteiger partial charge in [0.2, 0.25) is 0 Å². The van der Waals surface area contributed by atoms with Crippen molar-refractivity contribution < 1.29 is 14.6 Å². The molecule has 2 rings (SSSR count). The van der Waals surface area contributed by atoms with Crippen molar-refractivity contribution >= 4 is 5.97 Å². The van der Waals surface area contributed by atoms with Gasteiger partial charge in [-0.05, 0) is 16.5 Å². The Morgan fingerprint density at radius 3 is 2.90 bits per heavy atom. The summed E-state index contributed by atoms with van der Waals surface area (Å²) in [6, 6.07) is 7.59. The second-order valence-electron chi connectivity index (χ2n) is 4.51. The number of hydrogen-bond donors (Lipinski definition) is 1. The number of carboxylic acids is 1. The monoisotopic (exact) mass is 276 g/mol. The molecule has 0 bridgehead atoms. The van der Waals surface area contributed by atoms with E-state index >= 15 is 0 Å². The van der Waals surface area contributed by atoms with Gasteiger partial charge in [0.05, 0.1) is 19.6 Å². The van der Waals surface area contributed by atoms with Crippen LogP contribution in [0, 0.1) is 5.92 Å². The van der Waals surface area contributed by atoms with Crippen molar-refractivity contribution in [1.82, 2.24) is 20.2 Å². The summed E-state index contributed by atoms with van der Waals surface area (Å²) in [5, 5.41) is 20.4. The molecular weight excluding hydrogens is 260 g/mol. The number of para-hydroxylation sites is 1. The Kier molecular flexibility index (Phi) is 4.29. The lowest BCUT2D eigenvalue weighted by molar-refractivity contribution is -0.141. The van der Waals surface area contributed by atoms with Crippen LogP contribution in [-0.2, 0) is 17.8 Å². The van der Waals surface area contributed by atoms with E-state index in [-0.39, 0.29) is 6.54 Å². The van der Waals surface area contributed by atoms with Crippen molar-refractivity contribution in [3.63, 3.8) is 0 Å². The highest BCUT2D eigenvalue weighted by Gasteiger charge is 2.16. The van der Waals surface area contributed by atoms with Crippen LogP contribution in [0.1, 0.15) is 18.3 Å². The minimum absolute atomic E-state index is 0.243. The SMILES string of the molecule is COc1ccccc1Cc1nnnn1CC(C)C(=O)O. The van der Waals surface area contributed by atoms with E-state index in [1.807, 2.05) is 24.3 Å². The van der Waals surface area contributed by atoms with E-state index in [0.717, 1.165) is 11.3 Å². The van der Waals surface area contributed by atoms with Gasteiger partial charge in [-0.2, -0.15) is 0 Å². The average molecular weight is 276 g/mol. The second kappa shape index (κ2) is 6.14. The molecule has 0 fully saturated rings. The van der Waals surface area contributed by atoms with Gasteiger partial charge < -0.3 is 9.84 Å². The first-order valence-corrected chi connectivity index (χ1v) is 6.21. The number of hydrogen-bond acceptors (Lipinski definition) is 5. The highest BCUT2D eigenvalue weighted by Crippen LogP contribution is 2.20. The van der Waals surface area contributed by atoms with Crippen molar-refractivity contribution in [2.45, 2.75) is 19.9 Å². The molecule has 0 saturated heterocycles. The summed E-state index contributed by atoms with van der Waals surface area (Å²) in [6.07, 6.45) is 0.489. The van der Waals surface area contributed by atoms with Crippen LogP contribution in [0.2, 0.25) is 0 Å². The fourth-order valence-corrected chi connectivity index (χ4v) is 1.85. The van der Waals surface area contributed by atoms with Crippen molar-refractivity contribution in [2.24, 2.45) is 5.92 Å². The predicted molar refractivity (Wildman–Crippen MR) is 70.4 cm³/mol. The molecule has 0 saturated carbocycles. The van der Waals surface area contributed by atoms with E-state index in [1.54, 1.807) is 14.0 Å². The molecule has 1 atom stereocenters. The summed E-state index contributed by atoms with van der Waals surface area (Å²) in [5.74, 6) is -0.0467. The number of benzene rings is 1. The molecule has 0 aliphatic rings. The molecule has 1 heterocycles. The lowest BCUT2D eigenvalue weighted by Crippen LogP contribution is -2.19. The number of carbonyl (C=O) groups is 1. The van der Waals surface area contributed by atoms with Crippen LogP contribution < -0.4 is 4.74 Å². The Morgan fingerprint density at radius 1 is 1.45 bits per heavy atom. The number of tetrazole rings is 1. The fraction of sp³-hybridized carbons (Fsp3) is 0.385. The minimum Gasteiger partial charge on any atom is -0.496 e. The molecule has 2 aromatic rings. The van der Waals surface area contributed by atoms with Crippen LogP contribution in [0.25, 0.3) is 0 Å². The molecule has 0 aliphatic carbocycles. The summed E-state index contributed by atoms with van der Waals surface area (Å²) in [5.41, 5.74) is 0.953. The lowest BCUT2D eigenvalue weighted by Gasteiger charge is -2.10. The van der Waals surface area contributed by atoms with E-state index in [2.05, 4.69) is 15.5 Å². The van der Waals surface area contributed by atoms with E-state index < -0.39 is 11.9 Å². The Balaban J connectivity index is 2.18. The maximum atomic E-state index is 10.9. The molecule has 0 amide bonds. The number of rotatable bonds is 6. The Labute approximate surface area is 116 Å². The molecule has 1 unspecified atom stereocenters. The lowest BCUT2D eigenvalue weighted by atomic mass is 10.1. The van der Waals surface area contributed by atoms with Gasteiger partial charge in [-0.25, -0.2) is 4.68 Å². The molecule has 1 aromatic carbocycles. The molecule has 106 valence electrons. The molecule has 20 heavy (non-hydrogen) atoms. The normalized spacial score (nSPS) is 12.1. The number of carboxylic acid groups (broad SMARTS) is 1. The Morgan fingerprint density at radius 2 is 2.20 bits per heavy atom. The van der Waals surface area contributed by atoms with Crippen LogP contribution in [0.5, 0.6) is 5.75 Å². The van der Waals surface area contributed by atoms with Gasteiger partial charge in [-0.1, -0.05) is 25.1 Å². The zero-order valence-electron chi connectivity index (χ0n) is 11.4. The molecule has 1 aromatic heterocycles. The topological polar surface area (TPSA) is 90.1 Å². The van der Waals surface area contributed by atoms with Crippen LogP contribution in [0.3, 0.4) is 0 Å². The Hall–Kier alpha value is -2.44. The van der Waals surface area contributed by atoms with Crippen LogP contribution >= 0.6 is 0 Å². The van der Waals surface area contributed by atoms with Gasteiger partial charge in [0, 0.05) is 12.0 Å². The third-order valence-electron chi connectivity index (χ3n) is 3.02. The first-order chi connectivity index (χ1) is 9.61. The number of ether oxygens (including phenoxy) is 1. The number of nitrogens with zero attached hydrogens (tertiary/aromatic N) is 4. The molecule has 0 spiro atoms. The fourth-order valence-electron chi connectivity index (χ4n) is 1.85. The summed E-state index contributed by atoms with van der Waals surface area (Å²) >= 11 is 0. The van der Waals surface area contributed by atoms with Gasteiger partial charge in [0.1, 0.15) is 5.75 Å². The van der Waals surface area contributed by atoms with Crippen LogP contribution in [0.15, 0.2) is 24.3 Å². The summed E-state index contributed by atoms with van der Waals surface area (Å²) < 4.78 is 6.80. The first-order valence-electron chi connectivity index (χ1n) is 6.21. The van der Waals surface area contributed by atoms with E-state index in [9.17, 15) is 4.79 Å². The maximum Gasteiger partial charge on any atom is 0.308 e. The standard InChI is InChI=1S/C13H16N4O3/c1-9(13(18)19)8-17-12(14-15-16-17)7-10-5-3-4-6-11(10)20-2/h3-6,9H,7-8H2,1-2H3,(H,18,19). The highest BCUT2D eigenvalue weighted by atomic mass is 16.5. The maximum absolute atomic E-state index is 10.9. The molecular formula is C13H16N4O3. The minimum atomic E-state index is -0.872. The quantitative estimate of drug-likeness (QED) is 0.846. The highest BCUT2D eigenvalue weighted by molar-refractivity contribution is 5.69. The van der Waals surface area contributed by atoms with E-state index in [0.29, 0.717) is 12.2 Å². The zero-order chi connectivity index (χ0) is 14.5. The zero-order valence-corrected chi connectivity index (χ0v) is 11.4. The summed E-state index contributed by atoms with van der Waals surface area (Å²) in [6.45, 7) is 1.86. The van der Waals surface area contributed by atoms with Crippen LogP contribution in [0.4, 0.5) is 0 Å². The molecule has 0 radical (unpaired) electrons. The van der Waals surface area contributed by atoms with Crippen LogP contribution in [-0.4, -0.2) is 38.4 Å². The van der Waals surface area contributed by atoms with Gasteiger partial charge in [0.25, 0.3) is 0 Å². The largest absolute Gasteiger partial charge is 0.496 e. The molecule has 7 nitrogen and oxygen atoms in total. The van der Waals surface area contributed by atoms with Crippen molar-refractivity contribution in [2.75, 3.05) is 7.11 Å². The molecule has 7 heteroatoms. The Bertz CT molecular complexity index is 597. The van der Waals surface area contributed by atoms with Gasteiger partial charge in [0.15, 0.2) is 5.82 Å². The average Bonchev–Trinajstić information content (AvgIpc) is 2.86. The first kappa shape index (κ1) is 14.0. The molecule has 1 N–H and O–H groups in total. The number of aliphatic carboxylic acids is 1. The van der Waals surface area contributed by atoms with Crippen molar-refractivity contribution in [3.8, 4) is 5.75 Å². The predicted octanol–water partition coefficient (Wildman–Crippen LogP) is 0.993. The van der Waals surface area contributed by atoms with Crippen molar-refractivity contribution in [1.29, 1.82) is 0 Å². The van der Waals surface area contributed by atoms with Gasteiger partial charge in [-0.3, -0.25) is 4.79 Å². The molecule has 0 aliphatic heterocycles. The van der Waals surface area contributed by atoms with Gasteiger partial charge in [-0.15, -0.1) is 5.10 Å². The number of methoxy groups -OCH3 is 1. The third kappa shape index (κ3) is 3.11. The van der Waals surface area contributed by atoms with E-state index in [4.69, 9.17) is 9.84 Å².